The average molecular weight is 240 g/mol. The van der Waals surface area contributed by atoms with Crippen LogP contribution in [0.2, 0.25) is 0 Å². The van der Waals surface area contributed by atoms with Crippen LogP contribution in [0.15, 0.2) is 0 Å². The van der Waals surface area contributed by atoms with Crippen molar-refractivity contribution in [3.05, 3.63) is 0 Å². The fourth-order valence-corrected chi connectivity index (χ4v) is 2.62. The maximum atomic E-state index is 12.2. The fourth-order valence-electron chi connectivity index (χ4n) is 2.62. The predicted octanol–water partition coefficient (Wildman–Crippen LogP) is 0.452. The summed E-state index contributed by atoms with van der Waals surface area (Å²) in [5.41, 5.74) is 0. The molecule has 0 aromatic rings. The molecule has 0 aromatic heterocycles. The molecule has 2 unspecified atom stereocenters. The van der Waals surface area contributed by atoms with Crippen molar-refractivity contribution >= 4 is 11.9 Å². The fraction of sp³-hybridized carbons (Fsp3) is 0.833. The third-order valence-electron chi connectivity index (χ3n) is 3.71. The number of carboxylic acids is 1. The molecule has 2 rings (SSSR count). The lowest BCUT2D eigenvalue weighted by molar-refractivity contribution is -0.141. The Hall–Kier alpha value is -1.10. The molecule has 2 aliphatic rings. The van der Waals surface area contributed by atoms with Crippen LogP contribution in [0.4, 0.5) is 0 Å². The van der Waals surface area contributed by atoms with Gasteiger partial charge in [0, 0.05) is 13.1 Å². The van der Waals surface area contributed by atoms with Gasteiger partial charge in [-0.3, -0.25) is 9.59 Å². The third-order valence-corrected chi connectivity index (χ3v) is 3.71. The molecule has 5 nitrogen and oxygen atoms in total. The average Bonchev–Trinajstić information content (AvgIpc) is 2.65. The molecule has 0 bridgehead atoms. The van der Waals surface area contributed by atoms with Crippen molar-refractivity contribution in [3.8, 4) is 0 Å². The summed E-state index contributed by atoms with van der Waals surface area (Å²) < 4.78 is 0. The summed E-state index contributed by atoms with van der Waals surface area (Å²) in [6.07, 6.45) is 4.86. The standard InChI is InChI=1S/C12H20N2O3/c15-11(10-4-2-1-3-6-13-10)14-7-5-9(8-14)12(16)17/h9-10,13H,1-8H2,(H,16,17). The van der Waals surface area contributed by atoms with Crippen molar-refractivity contribution in [2.24, 2.45) is 5.92 Å². The van der Waals surface area contributed by atoms with E-state index in [1.807, 2.05) is 0 Å². The number of carbonyl (C=O) groups excluding carboxylic acids is 1. The van der Waals surface area contributed by atoms with Gasteiger partial charge in [-0.1, -0.05) is 12.8 Å². The Bertz CT molecular complexity index is 298. The Morgan fingerprint density at radius 2 is 2.00 bits per heavy atom. The Balaban J connectivity index is 1.89. The minimum atomic E-state index is -0.783. The molecule has 0 spiro atoms. The number of carbonyl (C=O) groups is 2. The van der Waals surface area contributed by atoms with E-state index in [4.69, 9.17) is 5.11 Å². The van der Waals surface area contributed by atoms with Gasteiger partial charge in [-0.05, 0) is 25.8 Å². The van der Waals surface area contributed by atoms with Gasteiger partial charge in [-0.25, -0.2) is 0 Å². The summed E-state index contributed by atoms with van der Waals surface area (Å²) >= 11 is 0. The van der Waals surface area contributed by atoms with Crippen LogP contribution in [0.5, 0.6) is 0 Å². The van der Waals surface area contributed by atoms with Crippen molar-refractivity contribution in [1.82, 2.24) is 10.2 Å². The number of rotatable bonds is 2. The molecule has 2 heterocycles. The largest absolute Gasteiger partial charge is 0.481 e. The van der Waals surface area contributed by atoms with Gasteiger partial charge in [-0.15, -0.1) is 0 Å². The van der Waals surface area contributed by atoms with E-state index in [0.29, 0.717) is 19.5 Å². The monoisotopic (exact) mass is 240 g/mol. The topological polar surface area (TPSA) is 69.6 Å². The first-order valence-corrected chi connectivity index (χ1v) is 6.43. The Morgan fingerprint density at radius 1 is 1.18 bits per heavy atom. The molecule has 2 saturated heterocycles. The lowest BCUT2D eigenvalue weighted by atomic mass is 10.1. The highest BCUT2D eigenvalue weighted by atomic mass is 16.4. The van der Waals surface area contributed by atoms with Gasteiger partial charge in [0.15, 0.2) is 0 Å². The second-order valence-corrected chi connectivity index (χ2v) is 4.96. The minimum Gasteiger partial charge on any atom is -0.481 e. The number of hydrogen-bond donors (Lipinski definition) is 2. The zero-order chi connectivity index (χ0) is 12.3. The molecule has 1 amide bonds. The van der Waals surface area contributed by atoms with Crippen LogP contribution in [-0.2, 0) is 9.59 Å². The van der Waals surface area contributed by atoms with E-state index in [2.05, 4.69) is 5.32 Å². The number of aliphatic carboxylic acids is 1. The zero-order valence-corrected chi connectivity index (χ0v) is 10.0. The molecule has 0 aliphatic carbocycles. The van der Waals surface area contributed by atoms with Crippen LogP contribution in [0, 0.1) is 5.92 Å². The third kappa shape index (κ3) is 2.97. The van der Waals surface area contributed by atoms with Crippen molar-refractivity contribution in [2.45, 2.75) is 38.1 Å². The van der Waals surface area contributed by atoms with E-state index in [1.165, 1.54) is 6.42 Å². The first kappa shape index (κ1) is 12.4. The lowest BCUT2D eigenvalue weighted by Crippen LogP contribution is -2.45. The smallest absolute Gasteiger partial charge is 0.308 e. The minimum absolute atomic E-state index is 0.0926. The molecular formula is C12H20N2O3. The van der Waals surface area contributed by atoms with Crippen LogP contribution in [0.1, 0.15) is 32.1 Å². The molecule has 17 heavy (non-hydrogen) atoms. The van der Waals surface area contributed by atoms with E-state index in [0.717, 1.165) is 25.8 Å². The molecule has 2 N–H and O–H groups in total. The molecule has 96 valence electrons. The number of carboxylic acid groups (broad SMARTS) is 1. The second kappa shape index (κ2) is 5.49. The number of nitrogens with one attached hydrogen (secondary N) is 1. The van der Waals surface area contributed by atoms with Crippen LogP contribution >= 0.6 is 0 Å². The lowest BCUT2D eigenvalue weighted by Gasteiger charge is -2.22. The summed E-state index contributed by atoms with van der Waals surface area (Å²) in [5, 5.41) is 12.2. The SMILES string of the molecule is O=C(O)C1CCN(C(=O)C2CCCCCN2)C1. The predicted molar refractivity (Wildman–Crippen MR) is 62.6 cm³/mol. The first-order chi connectivity index (χ1) is 8.18. The Labute approximate surface area is 101 Å². The van der Waals surface area contributed by atoms with Gasteiger partial charge in [-0.2, -0.15) is 0 Å². The van der Waals surface area contributed by atoms with Gasteiger partial charge < -0.3 is 15.3 Å². The highest BCUT2D eigenvalue weighted by Crippen LogP contribution is 2.19. The summed E-state index contributed by atoms with van der Waals surface area (Å²) in [6.45, 7) is 1.87. The van der Waals surface area contributed by atoms with Crippen molar-refractivity contribution in [1.29, 1.82) is 0 Å². The first-order valence-electron chi connectivity index (χ1n) is 6.43. The van der Waals surface area contributed by atoms with Crippen molar-refractivity contribution in [3.63, 3.8) is 0 Å². The number of amides is 1. The number of nitrogens with zero attached hydrogens (tertiary/aromatic N) is 1. The second-order valence-electron chi connectivity index (χ2n) is 4.96. The highest BCUT2D eigenvalue weighted by Gasteiger charge is 2.33. The molecule has 2 atom stereocenters. The van der Waals surface area contributed by atoms with Gasteiger partial charge in [0.2, 0.25) is 5.91 Å². The van der Waals surface area contributed by atoms with Crippen LogP contribution in [-0.4, -0.2) is 47.6 Å². The highest BCUT2D eigenvalue weighted by molar-refractivity contribution is 5.83. The van der Waals surface area contributed by atoms with Crippen LogP contribution in [0.25, 0.3) is 0 Å². The zero-order valence-electron chi connectivity index (χ0n) is 10.0. The van der Waals surface area contributed by atoms with E-state index in [1.54, 1.807) is 4.90 Å². The van der Waals surface area contributed by atoms with Gasteiger partial charge in [0.25, 0.3) is 0 Å². The normalized spacial score (nSPS) is 30.0. The molecule has 0 aromatic carbocycles. The Kier molecular flexibility index (Phi) is 3.99. The van der Waals surface area contributed by atoms with E-state index in [9.17, 15) is 9.59 Å². The summed E-state index contributed by atoms with van der Waals surface area (Å²) in [6, 6.07) is -0.0926. The van der Waals surface area contributed by atoms with Crippen LogP contribution in [0.3, 0.4) is 0 Å². The summed E-state index contributed by atoms with van der Waals surface area (Å²) in [7, 11) is 0. The van der Waals surface area contributed by atoms with Crippen molar-refractivity contribution < 1.29 is 14.7 Å². The summed E-state index contributed by atoms with van der Waals surface area (Å²) in [4.78, 5) is 24.7. The maximum Gasteiger partial charge on any atom is 0.308 e. The number of likely N-dealkylation sites (tertiary alicyclic amines) is 1. The molecule has 5 heteroatoms. The molecule has 2 fully saturated rings. The van der Waals surface area contributed by atoms with E-state index < -0.39 is 5.97 Å². The molecule has 2 aliphatic heterocycles. The summed E-state index contributed by atoms with van der Waals surface area (Å²) in [5.74, 6) is -1.06. The molecule has 0 saturated carbocycles. The quantitative estimate of drug-likeness (QED) is 0.735. The van der Waals surface area contributed by atoms with E-state index in [-0.39, 0.29) is 17.9 Å². The van der Waals surface area contributed by atoms with Gasteiger partial charge >= 0.3 is 5.97 Å². The number of hydrogen-bond acceptors (Lipinski definition) is 3. The molecule has 0 radical (unpaired) electrons. The van der Waals surface area contributed by atoms with Gasteiger partial charge in [0.05, 0.1) is 12.0 Å². The Morgan fingerprint density at radius 3 is 2.71 bits per heavy atom. The van der Waals surface area contributed by atoms with E-state index >= 15 is 0 Å². The van der Waals surface area contributed by atoms with Gasteiger partial charge in [0.1, 0.15) is 0 Å². The maximum absolute atomic E-state index is 12.2. The van der Waals surface area contributed by atoms with Crippen LogP contribution < -0.4 is 5.32 Å². The van der Waals surface area contributed by atoms with Crippen molar-refractivity contribution in [2.75, 3.05) is 19.6 Å². The molecular weight excluding hydrogens is 220 g/mol.